The topological polar surface area (TPSA) is 95.5 Å². The number of carbonyl (C=O) groups is 1. The number of hydrogen-bond donors (Lipinski definition) is 0. The first-order valence-corrected chi connectivity index (χ1v) is 11.9. The third kappa shape index (κ3) is 5.05. The second kappa shape index (κ2) is 10.3. The number of benzene rings is 2. The van der Waals surface area contributed by atoms with Gasteiger partial charge in [-0.3, -0.25) is 9.69 Å². The highest BCUT2D eigenvalue weighted by molar-refractivity contribution is 5.77. The molecule has 0 radical (unpaired) electrons. The predicted octanol–water partition coefficient (Wildman–Crippen LogP) is 4.46. The Morgan fingerprint density at radius 1 is 1.29 bits per heavy atom. The summed E-state index contributed by atoms with van der Waals surface area (Å²) in [6, 6.07) is 13.8. The molecule has 2 aromatic carbocycles. The van der Waals surface area contributed by atoms with Gasteiger partial charge in [0.2, 0.25) is 11.7 Å². The molecule has 8 heteroatoms. The molecule has 0 fully saturated rings. The molecule has 35 heavy (non-hydrogen) atoms. The quantitative estimate of drug-likeness (QED) is 0.477. The summed E-state index contributed by atoms with van der Waals surface area (Å²) in [6.07, 6.45) is 1.79. The van der Waals surface area contributed by atoms with Crippen LogP contribution in [0.3, 0.4) is 0 Å². The van der Waals surface area contributed by atoms with Crippen LogP contribution < -0.4 is 4.74 Å². The van der Waals surface area contributed by atoms with Crippen LogP contribution in [0.15, 0.2) is 40.9 Å². The molecule has 0 bridgehead atoms. The van der Waals surface area contributed by atoms with Gasteiger partial charge in [-0.2, -0.15) is 10.2 Å². The summed E-state index contributed by atoms with van der Waals surface area (Å²) < 4.78 is 11.3. The van der Waals surface area contributed by atoms with Gasteiger partial charge in [-0.05, 0) is 62.6 Å². The van der Waals surface area contributed by atoms with E-state index in [0.29, 0.717) is 35.1 Å². The van der Waals surface area contributed by atoms with Gasteiger partial charge < -0.3 is 14.2 Å². The zero-order valence-electron chi connectivity index (χ0n) is 20.9. The third-order valence-electron chi connectivity index (χ3n) is 6.30. The van der Waals surface area contributed by atoms with Crippen molar-refractivity contribution in [1.29, 1.82) is 5.26 Å². The first-order chi connectivity index (χ1) is 16.8. The largest absolute Gasteiger partial charge is 0.490 e. The number of nitrogens with zero attached hydrogens (tertiary/aromatic N) is 5. The molecule has 0 saturated carbocycles. The van der Waals surface area contributed by atoms with Crippen LogP contribution in [0.2, 0.25) is 0 Å². The molecule has 3 aromatic rings. The van der Waals surface area contributed by atoms with Gasteiger partial charge in [0.05, 0.1) is 18.2 Å². The molecule has 1 amide bonds. The van der Waals surface area contributed by atoms with Gasteiger partial charge in [0.1, 0.15) is 11.8 Å². The van der Waals surface area contributed by atoms with Crippen molar-refractivity contribution in [3.8, 4) is 34.7 Å². The number of ether oxygens (including phenoxy) is 1. The second-order valence-electron chi connectivity index (χ2n) is 9.19. The fourth-order valence-corrected chi connectivity index (χ4v) is 4.54. The predicted molar refractivity (Wildman–Crippen MR) is 133 cm³/mol. The normalized spacial score (nSPS) is 14.7. The Morgan fingerprint density at radius 2 is 2.09 bits per heavy atom. The van der Waals surface area contributed by atoms with Crippen LogP contribution in [0.25, 0.3) is 22.8 Å². The summed E-state index contributed by atoms with van der Waals surface area (Å²) in [5, 5.41) is 13.8. The molecule has 0 spiro atoms. The summed E-state index contributed by atoms with van der Waals surface area (Å²) >= 11 is 0. The maximum Gasteiger partial charge on any atom is 0.258 e. The van der Waals surface area contributed by atoms with Crippen LogP contribution in [0.5, 0.6) is 5.75 Å². The first-order valence-electron chi connectivity index (χ1n) is 11.9. The highest BCUT2D eigenvalue weighted by Crippen LogP contribution is 2.40. The van der Waals surface area contributed by atoms with Gasteiger partial charge in [0.15, 0.2) is 0 Å². The molecule has 0 saturated heterocycles. The summed E-state index contributed by atoms with van der Waals surface area (Å²) in [6.45, 7) is 7.10. The van der Waals surface area contributed by atoms with E-state index in [2.05, 4.69) is 34.1 Å². The fourth-order valence-electron chi connectivity index (χ4n) is 4.54. The Hall–Kier alpha value is -3.70. The summed E-state index contributed by atoms with van der Waals surface area (Å²) in [5.74, 6) is 1.50. The number of rotatable bonds is 8. The summed E-state index contributed by atoms with van der Waals surface area (Å²) in [7, 11) is 3.57. The van der Waals surface area contributed by atoms with Crippen LogP contribution in [0.4, 0.5) is 0 Å². The van der Waals surface area contributed by atoms with E-state index in [1.54, 1.807) is 31.1 Å². The molecule has 1 aliphatic carbocycles. The lowest BCUT2D eigenvalue weighted by molar-refractivity contribution is -0.130. The SMILES string of the molecule is CCN(CC(=O)N(C)C)C1CCc2c(-c3noc(-c4ccc(OC(C)C)c(C#N)c4)n3)cccc21. The van der Waals surface area contributed by atoms with Gasteiger partial charge >= 0.3 is 0 Å². The zero-order chi connectivity index (χ0) is 25.1. The van der Waals surface area contributed by atoms with Crippen LogP contribution >= 0.6 is 0 Å². The van der Waals surface area contributed by atoms with Gasteiger partial charge in [-0.15, -0.1) is 0 Å². The van der Waals surface area contributed by atoms with E-state index in [1.165, 1.54) is 11.1 Å². The molecule has 0 N–H and O–H groups in total. The molecule has 1 aromatic heterocycles. The van der Waals surface area contributed by atoms with Gasteiger partial charge in [-0.25, -0.2) is 0 Å². The van der Waals surface area contributed by atoms with E-state index in [-0.39, 0.29) is 18.1 Å². The molecule has 1 aliphatic rings. The van der Waals surface area contributed by atoms with Crippen LogP contribution in [0, 0.1) is 11.3 Å². The Labute approximate surface area is 206 Å². The Balaban J connectivity index is 1.62. The van der Waals surface area contributed by atoms with Gasteiger partial charge in [0, 0.05) is 31.3 Å². The van der Waals surface area contributed by atoms with E-state index in [0.717, 1.165) is 24.9 Å². The minimum Gasteiger partial charge on any atom is -0.490 e. The number of amides is 1. The van der Waals surface area contributed by atoms with Crippen molar-refractivity contribution < 1.29 is 14.1 Å². The molecule has 182 valence electrons. The highest BCUT2D eigenvalue weighted by Gasteiger charge is 2.31. The third-order valence-corrected chi connectivity index (χ3v) is 6.30. The first kappa shape index (κ1) is 24.4. The lowest BCUT2D eigenvalue weighted by Crippen LogP contribution is -2.38. The summed E-state index contributed by atoms with van der Waals surface area (Å²) in [4.78, 5) is 20.9. The zero-order valence-corrected chi connectivity index (χ0v) is 20.9. The van der Waals surface area contributed by atoms with E-state index in [9.17, 15) is 10.1 Å². The molecule has 1 atom stereocenters. The lowest BCUT2D eigenvalue weighted by Gasteiger charge is -2.28. The number of likely N-dealkylation sites (N-methyl/N-ethyl adjacent to an activating group) is 2. The minimum atomic E-state index is -0.0309. The lowest BCUT2D eigenvalue weighted by atomic mass is 10.0. The van der Waals surface area contributed by atoms with Crippen LogP contribution in [0.1, 0.15) is 49.9 Å². The van der Waals surface area contributed by atoms with Crippen molar-refractivity contribution in [2.75, 3.05) is 27.2 Å². The van der Waals surface area contributed by atoms with Gasteiger partial charge in [0.25, 0.3) is 5.89 Å². The van der Waals surface area contributed by atoms with Crippen molar-refractivity contribution in [3.63, 3.8) is 0 Å². The Bertz CT molecular complexity index is 1260. The molecular weight excluding hydrogens is 442 g/mol. The maximum absolute atomic E-state index is 12.3. The maximum atomic E-state index is 12.3. The van der Waals surface area contributed by atoms with E-state index >= 15 is 0 Å². The smallest absolute Gasteiger partial charge is 0.258 e. The Morgan fingerprint density at radius 3 is 2.77 bits per heavy atom. The minimum absolute atomic E-state index is 0.0309. The van der Waals surface area contributed by atoms with Gasteiger partial charge in [-0.1, -0.05) is 30.3 Å². The summed E-state index contributed by atoms with van der Waals surface area (Å²) in [5.41, 5.74) is 4.44. The van der Waals surface area contributed by atoms with Crippen molar-refractivity contribution in [2.24, 2.45) is 0 Å². The van der Waals surface area contributed by atoms with Crippen LogP contribution in [-0.4, -0.2) is 59.1 Å². The fraction of sp³-hybridized carbons (Fsp3) is 0.407. The molecule has 1 heterocycles. The van der Waals surface area contributed by atoms with Crippen LogP contribution in [-0.2, 0) is 11.2 Å². The van der Waals surface area contributed by atoms with Crippen molar-refractivity contribution in [3.05, 3.63) is 53.1 Å². The molecular formula is C27H31N5O3. The molecule has 1 unspecified atom stereocenters. The average molecular weight is 474 g/mol. The standard InChI is InChI=1S/C27H31N5O3/c1-6-32(16-25(33)31(4)5)23-12-11-20-21(23)8-7-9-22(20)26-29-27(35-30-26)18-10-13-24(34-17(2)3)19(14-18)15-28/h7-10,13-14,17,23H,6,11-12,16H2,1-5H3. The molecule has 0 aliphatic heterocycles. The van der Waals surface area contributed by atoms with E-state index in [1.807, 2.05) is 32.0 Å². The second-order valence-corrected chi connectivity index (χ2v) is 9.19. The Kier molecular flexibility index (Phi) is 7.17. The number of hydrogen-bond acceptors (Lipinski definition) is 7. The number of nitriles is 1. The average Bonchev–Trinajstić information content (AvgIpc) is 3.50. The number of fused-ring (bicyclic) bond motifs is 1. The van der Waals surface area contributed by atoms with Crippen molar-refractivity contribution in [1.82, 2.24) is 19.9 Å². The molecule has 8 nitrogen and oxygen atoms in total. The molecule has 4 rings (SSSR count). The number of aromatic nitrogens is 2. The monoisotopic (exact) mass is 473 g/mol. The van der Waals surface area contributed by atoms with Crippen molar-refractivity contribution >= 4 is 5.91 Å². The van der Waals surface area contributed by atoms with E-state index in [4.69, 9.17) is 9.26 Å². The number of carbonyl (C=O) groups excluding carboxylic acids is 1. The van der Waals surface area contributed by atoms with Crippen molar-refractivity contribution in [2.45, 2.75) is 45.8 Å². The van der Waals surface area contributed by atoms with E-state index < -0.39 is 0 Å². The highest BCUT2D eigenvalue weighted by atomic mass is 16.5.